The molecular formula is C10H12N4O4S2. The molecule has 2 rings (SSSR count). The van der Waals surface area contributed by atoms with Crippen LogP contribution in [0.2, 0.25) is 0 Å². The van der Waals surface area contributed by atoms with Gasteiger partial charge in [0.25, 0.3) is 9.67 Å². The van der Waals surface area contributed by atoms with Crippen LogP contribution < -0.4 is 0 Å². The van der Waals surface area contributed by atoms with Crippen LogP contribution in [-0.2, 0) is 17.6 Å². The third-order valence-corrected chi connectivity index (χ3v) is 3.08. The number of hydrogen-bond acceptors (Lipinski definition) is 7. The Morgan fingerprint density at radius 2 is 1.55 bits per heavy atom. The molecule has 0 amide bonds. The van der Waals surface area contributed by atoms with E-state index >= 15 is 0 Å². The summed E-state index contributed by atoms with van der Waals surface area (Å²) >= 11 is 9.49. The molecule has 2 heterocycles. The predicted molar refractivity (Wildman–Crippen MR) is 71.1 cm³/mol. The van der Waals surface area contributed by atoms with Crippen LogP contribution in [0.5, 0.6) is 0 Å². The molecule has 0 aliphatic heterocycles. The highest BCUT2D eigenvalue weighted by molar-refractivity contribution is 7.71. The van der Waals surface area contributed by atoms with E-state index in [0.717, 1.165) is 0 Å². The molecule has 108 valence electrons. The highest BCUT2D eigenvalue weighted by Crippen LogP contribution is 2.15. The maximum Gasteiger partial charge on any atom is 0.306 e. The Morgan fingerprint density at radius 1 is 1.10 bits per heavy atom. The molecule has 20 heavy (non-hydrogen) atoms. The number of carbonyl (C=O) groups is 1. The Kier molecular flexibility index (Phi) is 4.79. The highest BCUT2D eigenvalue weighted by Gasteiger charge is 2.19. The van der Waals surface area contributed by atoms with E-state index in [9.17, 15) is 9.90 Å². The van der Waals surface area contributed by atoms with E-state index in [2.05, 4.69) is 20.4 Å². The number of aromatic nitrogens is 4. The average molecular weight is 316 g/mol. The molecule has 2 aromatic rings. The van der Waals surface area contributed by atoms with E-state index in [0.29, 0.717) is 37.5 Å². The smallest absolute Gasteiger partial charge is 0.306 e. The first-order chi connectivity index (χ1) is 9.54. The molecule has 0 aliphatic carbocycles. The second kappa shape index (κ2) is 6.57. The fraction of sp³-hybridized carbons (Fsp3) is 0.500. The lowest BCUT2D eigenvalue weighted by atomic mass is 9.98. The van der Waals surface area contributed by atoms with Crippen molar-refractivity contribution in [2.24, 2.45) is 5.92 Å². The minimum atomic E-state index is -0.881. The first-order valence-corrected chi connectivity index (χ1v) is 6.68. The minimum Gasteiger partial charge on any atom is -0.481 e. The number of nitrogens with zero attached hydrogens (tertiary/aromatic N) is 2. The van der Waals surface area contributed by atoms with E-state index in [1.165, 1.54) is 0 Å². The van der Waals surface area contributed by atoms with Gasteiger partial charge in [-0.2, -0.15) is 0 Å². The van der Waals surface area contributed by atoms with Gasteiger partial charge in [0.05, 0.1) is 5.92 Å². The molecule has 3 N–H and O–H groups in total. The van der Waals surface area contributed by atoms with Crippen LogP contribution in [0.4, 0.5) is 0 Å². The van der Waals surface area contributed by atoms with E-state index in [-0.39, 0.29) is 9.67 Å². The summed E-state index contributed by atoms with van der Waals surface area (Å²) in [5.41, 5.74) is 0. The third-order valence-electron chi connectivity index (χ3n) is 2.73. The Bertz CT molecular complexity index is 633. The zero-order chi connectivity index (χ0) is 14.5. The van der Waals surface area contributed by atoms with Crippen molar-refractivity contribution in [2.45, 2.75) is 25.7 Å². The molecule has 0 spiro atoms. The number of aryl methyl sites for hydroxylation is 2. The lowest BCUT2D eigenvalue weighted by molar-refractivity contribution is -0.142. The molecule has 0 fully saturated rings. The van der Waals surface area contributed by atoms with Crippen LogP contribution in [0.15, 0.2) is 8.83 Å². The third kappa shape index (κ3) is 4.10. The van der Waals surface area contributed by atoms with Crippen LogP contribution in [0.3, 0.4) is 0 Å². The van der Waals surface area contributed by atoms with Gasteiger partial charge in [-0.05, 0) is 37.3 Å². The summed E-state index contributed by atoms with van der Waals surface area (Å²) in [7, 11) is 0. The fourth-order valence-corrected chi connectivity index (χ4v) is 2.01. The molecule has 0 atom stereocenters. The molecule has 0 radical (unpaired) electrons. The van der Waals surface area contributed by atoms with Gasteiger partial charge in [-0.1, -0.05) is 0 Å². The number of carboxylic acids is 1. The number of H-pyrrole nitrogens is 2. The molecule has 0 aromatic carbocycles. The first kappa shape index (κ1) is 14.6. The van der Waals surface area contributed by atoms with Gasteiger partial charge in [0.15, 0.2) is 0 Å². The first-order valence-electron chi connectivity index (χ1n) is 5.86. The lowest BCUT2D eigenvalue weighted by Gasteiger charge is -2.09. The molecular weight excluding hydrogens is 304 g/mol. The van der Waals surface area contributed by atoms with Gasteiger partial charge in [0.2, 0.25) is 11.8 Å². The van der Waals surface area contributed by atoms with Crippen molar-refractivity contribution in [3.05, 3.63) is 21.5 Å². The molecule has 0 aliphatic rings. The molecule has 0 bridgehead atoms. The summed E-state index contributed by atoms with van der Waals surface area (Å²) in [5, 5.41) is 21.8. The van der Waals surface area contributed by atoms with Gasteiger partial charge in [0.1, 0.15) is 0 Å². The predicted octanol–water partition coefficient (Wildman–Crippen LogP) is 2.04. The second-order valence-corrected chi connectivity index (χ2v) is 4.87. The monoisotopic (exact) mass is 316 g/mol. The van der Waals surface area contributed by atoms with Crippen molar-refractivity contribution in [2.75, 3.05) is 0 Å². The van der Waals surface area contributed by atoms with Crippen molar-refractivity contribution in [1.82, 2.24) is 20.4 Å². The molecule has 2 aromatic heterocycles. The topological polar surface area (TPSA) is 121 Å². The van der Waals surface area contributed by atoms with Crippen molar-refractivity contribution >= 4 is 30.4 Å². The summed E-state index contributed by atoms with van der Waals surface area (Å²) in [6.07, 6.45) is 1.58. The number of hydrogen-bond donors (Lipinski definition) is 3. The van der Waals surface area contributed by atoms with Gasteiger partial charge in [-0.3, -0.25) is 4.79 Å². The molecule has 10 heteroatoms. The normalized spacial score (nSPS) is 11.1. The lowest BCUT2D eigenvalue weighted by Crippen LogP contribution is -2.15. The van der Waals surface area contributed by atoms with Crippen LogP contribution >= 0.6 is 24.4 Å². The number of carboxylic acid groups (broad SMARTS) is 1. The Labute approximate surface area is 123 Å². The largest absolute Gasteiger partial charge is 0.481 e. The van der Waals surface area contributed by atoms with Crippen LogP contribution in [-0.4, -0.2) is 31.5 Å². The van der Waals surface area contributed by atoms with Crippen molar-refractivity contribution in [3.8, 4) is 0 Å². The summed E-state index contributed by atoms with van der Waals surface area (Å²) in [5.74, 6) is -0.624. The summed E-state index contributed by atoms with van der Waals surface area (Å²) < 4.78 is 10.2. The molecule has 0 saturated heterocycles. The van der Waals surface area contributed by atoms with E-state index in [1.54, 1.807) is 0 Å². The van der Waals surface area contributed by atoms with Gasteiger partial charge in [-0.25, -0.2) is 10.2 Å². The maximum absolute atomic E-state index is 11.2. The van der Waals surface area contributed by atoms with Gasteiger partial charge < -0.3 is 13.9 Å². The van der Waals surface area contributed by atoms with Crippen LogP contribution in [0.25, 0.3) is 0 Å². The Morgan fingerprint density at radius 3 is 1.85 bits per heavy atom. The SMILES string of the molecule is O=C(O)C(CCc1n[nH]c(=S)o1)CCc1n[nH]c(=S)o1. The standard InChI is InChI=1S/C10H12N4O4S2/c15-8(16)5(1-3-6-11-13-9(19)17-6)2-4-7-12-14-10(20)18-7/h5H,1-4H2,(H,13,19)(H,14,20)(H,15,16). The summed E-state index contributed by atoms with van der Waals surface area (Å²) in [4.78, 5) is 11.6. The van der Waals surface area contributed by atoms with Crippen LogP contribution in [0.1, 0.15) is 24.6 Å². The summed E-state index contributed by atoms with van der Waals surface area (Å²) in [6, 6.07) is 0. The molecule has 8 nitrogen and oxygen atoms in total. The molecule has 0 saturated carbocycles. The second-order valence-electron chi connectivity index (χ2n) is 4.13. The highest BCUT2D eigenvalue weighted by atomic mass is 32.1. The van der Waals surface area contributed by atoms with E-state index in [4.69, 9.17) is 33.3 Å². The Hall–Kier alpha value is -1.81. The number of nitrogens with one attached hydrogen (secondary N) is 2. The Balaban J connectivity index is 1.88. The zero-order valence-electron chi connectivity index (χ0n) is 10.3. The van der Waals surface area contributed by atoms with Crippen molar-refractivity contribution in [3.63, 3.8) is 0 Å². The van der Waals surface area contributed by atoms with Gasteiger partial charge in [0, 0.05) is 12.8 Å². The maximum atomic E-state index is 11.2. The molecule has 0 unspecified atom stereocenters. The average Bonchev–Trinajstić information content (AvgIpc) is 2.98. The van der Waals surface area contributed by atoms with Gasteiger partial charge in [-0.15, -0.1) is 10.2 Å². The van der Waals surface area contributed by atoms with Crippen LogP contribution in [0, 0.1) is 15.6 Å². The number of aromatic amines is 2. The fourth-order valence-electron chi connectivity index (χ4n) is 1.72. The van der Waals surface area contributed by atoms with E-state index < -0.39 is 11.9 Å². The van der Waals surface area contributed by atoms with E-state index in [1.807, 2.05) is 0 Å². The number of rotatable bonds is 7. The van der Waals surface area contributed by atoms with Gasteiger partial charge >= 0.3 is 5.97 Å². The minimum absolute atomic E-state index is 0.181. The van der Waals surface area contributed by atoms with Crippen molar-refractivity contribution in [1.29, 1.82) is 0 Å². The quantitative estimate of drug-likeness (QED) is 0.664. The summed E-state index contributed by atoms with van der Waals surface area (Å²) in [6.45, 7) is 0. The van der Waals surface area contributed by atoms with Crippen molar-refractivity contribution < 1.29 is 18.7 Å². The zero-order valence-corrected chi connectivity index (χ0v) is 11.9. The number of aliphatic carboxylic acids is 1.